The normalized spacial score (nSPS) is 12.2. The molecule has 4 nitrogen and oxygen atoms in total. The molecule has 0 saturated carbocycles. The van der Waals surface area contributed by atoms with Crippen molar-refractivity contribution < 1.29 is 14.0 Å². The van der Waals surface area contributed by atoms with Gasteiger partial charge in [-0.3, -0.25) is 9.59 Å². The van der Waals surface area contributed by atoms with Crippen molar-refractivity contribution >= 4 is 46.8 Å². The number of hydrogen-bond acceptors (Lipinski definition) is 3. The second-order valence-electron chi connectivity index (χ2n) is 9.83. The Balaban J connectivity index is 1.86. The number of amides is 2. The van der Waals surface area contributed by atoms with Crippen LogP contribution in [-0.2, 0) is 28.3 Å². The molecule has 0 spiro atoms. The van der Waals surface area contributed by atoms with Crippen molar-refractivity contribution in [2.75, 3.05) is 5.75 Å². The van der Waals surface area contributed by atoms with Crippen molar-refractivity contribution in [3.63, 3.8) is 0 Å². The van der Waals surface area contributed by atoms with Crippen LogP contribution in [0.25, 0.3) is 0 Å². The molecule has 0 aliphatic carbocycles. The second kappa shape index (κ2) is 13.3. The minimum Gasteiger partial charge on any atom is -0.350 e. The Hall–Kier alpha value is -2.54. The van der Waals surface area contributed by atoms with E-state index in [9.17, 15) is 14.0 Å². The summed E-state index contributed by atoms with van der Waals surface area (Å²) in [5, 5.41) is 3.98. The van der Waals surface area contributed by atoms with Gasteiger partial charge in [0.15, 0.2) is 0 Å². The lowest BCUT2D eigenvalue weighted by Crippen LogP contribution is -2.54. The highest BCUT2D eigenvalue weighted by atomic mass is 35.5. The highest BCUT2D eigenvalue weighted by Gasteiger charge is 2.32. The molecule has 1 atom stereocenters. The Kier molecular flexibility index (Phi) is 10.4. The van der Waals surface area contributed by atoms with Gasteiger partial charge < -0.3 is 10.2 Å². The number of rotatable bonds is 10. The number of halogens is 3. The number of benzene rings is 3. The van der Waals surface area contributed by atoms with Crippen LogP contribution in [0.1, 0.15) is 37.5 Å². The van der Waals surface area contributed by atoms with Crippen LogP contribution in [0.15, 0.2) is 72.8 Å². The van der Waals surface area contributed by atoms with Crippen molar-refractivity contribution in [1.29, 1.82) is 0 Å². The van der Waals surface area contributed by atoms with Crippen molar-refractivity contribution in [2.24, 2.45) is 0 Å². The van der Waals surface area contributed by atoms with Crippen molar-refractivity contribution in [1.82, 2.24) is 10.2 Å². The van der Waals surface area contributed by atoms with Gasteiger partial charge in [0.05, 0.1) is 15.8 Å². The zero-order chi connectivity index (χ0) is 27.0. The van der Waals surface area contributed by atoms with E-state index in [1.165, 1.54) is 23.9 Å². The number of carbonyl (C=O) groups is 2. The van der Waals surface area contributed by atoms with Crippen molar-refractivity contribution in [3.05, 3.63) is 105 Å². The molecule has 0 bridgehead atoms. The van der Waals surface area contributed by atoms with Gasteiger partial charge in [-0.05, 0) is 61.7 Å². The first kappa shape index (κ1) is 29.0. The first-order chi connectivity index (χ1) is 17.5. The lowest BCUT2D eigenvalue weighted by atomic mass is 10.0. The highest BCUT2D eigenvalue weighted by Crippen LogP contribution is 2.25. The Bertz CT molecular complexity index is 1200. The third kappa shape index (κ3) is 9.37. The summed E-state index contributed by atoms with van der Waals surface area (Å²) in [5.74, 6) is -0.0501. The van der Waals surface area contributed by atoms with Crippen LogP contribution in [0.2, 0.25) is 10.0 Å². The van der Waals surface area contributed by atoms with Gasteiger partial charge in [-0.25, -0.2) is 4.39 Å². The highest BCUT2D eigenvalue weighted by molar-refractivity contribution is 7.99. The molecule has 37 heavy (non-hydrogen) atoms. The van der Waals surface area contributed by atoms with Crippen LogP contribution in [0.4, 0.5) is 4.39 Å². The smallest absolute Gasteiger partial charge is 0.243 e. The lowest BCUT2D eigenvalue weighted by Gasteiger charge is -2.34. The van der Waals surface area contributed by atoms with Crippen LogP contribution in [0.3, 0.4) is 0 Å². The molecule has 8 heteroatoms. The molecule has 0 aliphatic heterocycles. The zero-order valence-corrected chi connectivity index (χ0v) is 23.5. The molecule has 1 N–H and O–H groups in total. The summed E-state index contributed by atoms with van der Waals surface area (Å²) in [4.78, 5) is 28.8. The molecule has 0 radical (unpaired) electrons. The Morgan fingerprint density at radius 1 is 0.919 bits per heavy atom. The summed E-state index contributed by atoms with van der Waals surface area (Å²) >= 11 is 13.6. The summed E-state index contributed by atoms with van der Waals surface area (Å²) in [5.41, 5.74) is 2.16. The lowest BCUT2D eigenvalue weighted by molar-refractivity contribution is -0.140. The van der Waals surface area contributed by atoms with Gasteiger partial charge in [-0.1, -0.05) is 71.7 Å². The summed E-state index contributed by atoms with van der Waals surface area (Å²) in [6.07, 6.45) is 0.354. The molecule has 3 aromatic carbocycles. The fourth-order valence-electron chi connectivity index (χ4n) is 3.76. The second-order valence-corrected chi connectivity index (χ2v) is 11.6. The number of thioether (sulfide) groups is 1. The molecule has 2 amide bonds. The summed E-state index contributed by atoms with van der Waals surface area (Å²) in [6, 6.07) is 20.3. The molecule has 196 valence electrons. The predicted octanol–water partition coefficient (Wildman–Crippen LogP) is 6.92. The Morgan fingerprint density at radius 3 is 2.19 bits per heavy atom. The van der Waals surface area contributed by atoms with E-state index in [0.717, 1.165) is 16.7 Å². The van der Waals surface area contributed by atoms with E-state index in [-0.39, 0.29) is 29.9 Å². The van der Waals surface area contributed by atoms with Crippen LogP contribution in [0.5, 0.6) is 0 Å². The van der Waals surface area contributed by atoms with Gasteiger partial charge in [-0.15, -0.1) is 11.8 Å². The average Bonchev–Trinajstić information content (AvgIpc) is 2.84. The SMILES string of the molecule is CC(C)(C)NC(=O)C(Cc1ccccc1)N(Cc1ccc(F)cc1)C(=O)CSCc1ccc(Cl)c(Cl)c1. The molecule has 0 fully saturated rings. The molecule has 3 aromatic rings. The summed E-state index contributed by atoms with van der Waals surface area (Å²) < 4.78 is 13.6. The maximum Gasteiger partial charge on any atom is 0.243 e. The van der Waals surface area contributed by atoms with Crippen molar-refractivity contribution in [3.8, 4) is 0 Å². The van der Waals surface area contributed by atoms with Gasteiger partial charge >= 0.3 is 0 Å². The first-order valence-electron chi connectivity index (χ1n) is 11.9. The van der Waals surface area contributed by atoms with Crippen LogP contribution >= 0.6 is 35.0 Å². The monoisotopic (exact) mass is 560 g/mol. The molecule has 0 heterocycles. The third-order valence-electron chi connectivity index (χ3n) is 5.51. The van der Waals surface area contributed by atoms with Crippen LogP contribution in [0, 0.1) is 5.82 Å². The Labute approximate surface area is 232 Å². The van der Waals surface area contributed by atoms with E-state index < -0.39 is 11.6 Å². The van der Waals surface area contributed by atoms with Crippen LogP contribution in [-0.4, -0.2) is 34.0 Å². The van der Waals surface area contributed by atoms with Gasteiger partial charge in [0.1, 0.15) is 11.9 Å². The van der Waals surface area contributed by atoms with E-state index in [1.54, 1.807) is 29.2 Å². The first-order valence-corrected chi connectivity index (χ1v) is 13.8. The van der Waals surface area contributed by atoms with Gasteiger partial charge in [-0.2, -0.15) is 0 Å². The topological polar surface area (TPSA) is 49.4 Å². The van der Waals surface area contributed by atoms with E-state index in [4.69, 9.17) is 23.2 Å². The molecular formula is C29H31Cl2FN2O2S. The third-order valence-corrected chi connectivity index (χ3v) is 7.24. The summed E-state index contributed by atoms with van der Waals surface area (Å²) in [6.45, 7) is 5.90. The van der Waals surface area contributed by atoms with E-state index in [1.807, 2.05) is 57.2 Å². The number of hydrogen-bond donors (Lipinski definition) is 1. The molecule has 0 saturated heterocycles. The fraction of sp³-hybridized carbons (Fsp3) is 0.310. The predicted molar refractivity (Wildman–Crippen MR) is 151 cm³/mol. The van der Waals surface area contributed by atoms with Crippen molar-refractivity contribution in [2.45, 2.75) is 51.1 Å². The van der Waals surface area contributed by atoms with Crippen LogP contribution < -0.4 is 5.32 Å². The molecular weight excluding hydrogens is 530 g/mol. The zero-order valence-electron chi connectivity index (χ0n) is 21.1. The number of carbonyl (C=O) groups excluding carboxylic acids is 2. The quantitative estimate of drug-likeness (QED) is 0.292. The maximum atomic E-state index is 13.6. The van der Waals surface area contributed by atoms with E-state index in [2.05, 4.69) is 5.32 Å². The largest absolute Gasteiger partial charge is 0.350 e. The average molecular weight is 562 g/mol. The molecule has 0 aliphatic rings. The Morgan fingerprint density at radius 2 is 1.57 bits per heavy atom. The van der Waals surface area contributed by atoms with E-state index in [0.29, 0.717) is 22.2 Å². The molecule has 1 unspecified atom stereocenters. The molecule has 0 aromatic heterocycles. The van der Waals surface area contributed by atoms with Gasteiger partial charge in [0, 0.05) is 24.3 Å². The maximum absolute atomic E-state index is 13.6. The summed E-state index contributed by atoms with van der Waals surface area (Å²) in [7, 11) is 0. The number of nitrogens with zero attached hydrogens (tertiary/aromatic N) is 1. The van der Waals surface area contributed by atoms with E-state index >= 15 is 0 Å². The van der Waals surface area contributed by atoms with Gasteiger partial charge in [0.2, 0.25) is 11.8 Å². The minimum absolute atomic E-state index is 0.162. The standard InChI is InChI=1S/C29H31Cl2FN2O2S/c1-29(2,3)33-28(36)26(16-20-7-5-4-6-8-20)34(17-21-9-12-23(32)13-10-21)27(35)19-37-18-22-11-14-24(30)25(31)15-22/h4-15,26H,16-19H2,1-3H3,(H,33,36). The fourth-order valence-corrected chi connectivity index (χ4v) is 4.94. The number of nitrogens with one attached hydrogen (secondary N) is 1. The minimum atomic E-state index is -0.746. The molecule has 3 rings (SSSR count). The van der Waals surface area contributed by atoms with Gasteiger partial charge in [0.25, 0.3) is 0 Å².